The SMILES string of the molecule is Cc1csc(N(O)C(=O)c2ccccn2)n1. The van der Waals surface area contributed by atoms with Crippen molar-refractivity contribution in [3.63, 3.8) is 0 Å². The van der Waals surface area contributed by atoms with Crippen molar-refractivity contribution in [2.75, 3.05) is 5.06 Å². The normalized spacial score (nSPS) is 10.1. The third-order valence-corrected chi connectivity index (χ3v) is 2.80. The zero-order valence-corrected chi connectivity index (χ0v) is 9.31. The fourth-order valence-electron chi connectivity index (χ4n) is 1.12. The van der Waals surface area contributed by atoms with Crippen molar-refractivity contribution in [3.05, 3.63) is 41.2 Å². The van der Waals surface area contributed by atoms with Crippen LogP contribution in [0, 0.1) is 6.92 Å². The number of carbonyl (C=O) groups excluding carboxylic acids is 1. The molecule has 0 aromatic carbocycles. The Labute approximate surface area is 96.0 Å². The van der Waals surface area contributed by atoms with Crippen molar-refractivity contribution in [1.82, 2.24) is 9.97 Å². The lowest BCUT2D eigenvalue weighted by Gasteiger charge is -2.09. The van der Waals surface area contributed by atoms with E-state index >= 15 is 0 Å². The van der Waals surface area contributed by atoms with Gasteiger partial charge < -0.3 is 0 Å². The number of anilines is 1. The maximum absolute atomic E-state index is 11.7. The molecule has 1 amide bonds. The molecule has 0 saturated carbocycles. The number of pyridine rings is 1. The molecule has 1 N–H and O–H groups in total. The second-order valence-corrected chi connectivity index (χ2v) is 3.94. The molecule has 0 atom stereocenters. The van der Waals surface area contributed by atoms with Gasteiger partial charge in [-0.15, -0.1) is 11.3 Å². The summed E-state index contributed by atoms with van der Waals surface area (Å²) in [6, 6.07) is 4.92. The number of hydroxylamine groups is 1. The molecule has 0 aliphatic carbocycles. The summed E-state index contributed by atoms with van der Waals surface area (Å²) in [6.45, 7) is 1.79. The van der Waals surface area contributed by atoms with Crippen LogP contribution >= 0.6 is 11.3 Å². The van der Waals surface area contributed by atoms with Crippen LogP contribution in [0.2, 0.25) is 0 Å². The summed E-state index contributed by atoms with van der Waals surface area (Å²) in [7, 11) is 0. The van der Waals surface area contributed by atoms with Gasteiger partial charge in [0.15, 0.2) is 0 Å². The van der Waals surface area contributed by atoms with Gasteiger partial charge >= 0.3 is 5.91 Å². The summed E-state index contributed by atoms with van der Waals surface area (Å²) in [5.41, 5.74) is 0.936. The van der Waals surface area contributed by atoms with Gasteiger partial charge in [-0.3, -0.25) is 15.0 Å². The lowest BCUT2D eigenvalue weighted by atomic mass is 10.3. The number of nitrogens with zero attached hydrogens (tertiary/aromatic N) is 3. The van der Waals surface area contributed by atoms with Gasteiger partial charge in [-0.05, 0) is 19.1 Å². The van der Waals surface area contributed by atoms with Crippen LogP contribution in [0.1, 0.15) is 16.2 Å². The Bertz CT molecular complexity index is 498. The Morgan fingerprint density at radius 1 is 1.50 bits per heavy atom. The van der Waals surface area contributed by atoms with Gasteiger partial charge in [0, 0.05) is 11.6 Å². The number of rotatable bonds is 2. The lowest BCUT2D eigenvalue weighted by Crippen LogP contribution is -2.27. The largest absolute Gasteiger partial charge is 0.302 e. The number of hydrogen-bond acceptors (Lipinski definition) is 5. The fourth-order valence-corrected chi connectivity index (χ4v) is 1.83. The van der Waals surface area contributed by atoms with E-state index in [-0.39, 0.29) is 10.8 Å². The Morgan fingerprint density at radius 3 is 2.88 bits per heavy atom. The van der Waals surface area contributed by atoms with E-state index in [1.165, 1.54) is 23.6 Å². The van der Waals surface area contributed by atoms with Crippen LogP contribution in [0.5, 0.6) is 0 Å². The van der Waals surface area contributed by atoms with E-state index in [0.29, 0.717) is 5.06 Å². The first-order valence-electron chi connectivity index (χ1n) is 4.55. The van der Waals surface area contributed by atoms with Crippen LogP contribution in [0.15, 0.2) is 29.8 Å². The minimum atomic E-state index is -0.588. The van der Waals surface area contributed by atoms with Crippen molar-refractivity contribution in [1.29, 1.82) is 0 Å². The van der Waals surface area contributed by atoms with Crippen molar-refractivity contribution < 1.29 is 10.0 Å². The molecule has 5 nitrogen and oxygen atoms in total. The van der Waals surface area contributed by atoms with Gasteiger partial charge in [0.1, 0.15) is 5.69 Å². The number of carbonyl (C=O) groups is 1. The monoisotopic (exact) mass is 235 g/mol. The van der Waals surface area contributed by atoms with E-state index in [9.17, 15) is 10.0 Å². The van der Waals surface area contributed by atoms with Gasteiger partial charge in [0.05, 0.1) is 5.69 Å². The molecular weight excluding hydrogens is 226 g/mol. The first-order chi connectivity index (χ1) is 7.68. The highest BCUT2D eigenvalue weighted by Gasteiger charge is 2.18. The number of amides is 1. The second kappa shape index (κ2) is 4.38. The van der Waals surface area contributed by atoms with E-state index in [2.05, 4.69) is 9.97 Å². The summed E-state index contributed by atoms with van der Waals surface area (Å²) >= 11 is 1.20. The van der Waals surface area contributed by atoms with Crippen molar-refractivity contribution in [2.45, 2.75) is 6.92 Å². The Hall–Kier alpha value is -1.79. The minimum Gasteiger partial charge on any atom is -0.279 e. The molecule has 2 heterocycles. The van der Waals surface area contributed by atoms with E-state index < -0.39 is 5.91 Å². The van der Waals surface area contributed by atoms with Crippen molar-refractivity contribution in [3.8, 4) is 0 Å². The molecule has 0 unspecified atom stereocenters. The predicted molar refractivity (Wildman–Crippen MR) is 59.7 cm³/mol. The third-order valence-electron chi connectivity index (χ3n) is 1.86. The van der Waals surface area contributed by atoms with Crippen LogP contribution in [0.25, 0.3) is 0 Å². The summed E-state index contributed by atoms with van der Waals surface area (Å²) in [5, 5.41) is 12.2. The molecule has 0 fully saturated rings. The van der Waals surface area contributed by atoms with Crippen LogP contribution < -0.4 is 5.06 Å². The number of thiazole rings is 1. The minimum absolute atomic E-state index is 0.179. The molecule has 0 aliphatic rings. The molecule has 0 saturated heterocycles. The standard InChI is InChI=1S/C10H9N3O2S/c1-7-6-16-10(12-7)13(15)9(14)8-4-2-3-5-11-8/h2-6,15H,1H3. The van der Waals surface area contributed by atoms with E-state index in [1.807, 2.05) is 0 Å². The molecule has 0 radical (unpaired) electrons. The van der Waals surface area contributed by atoms with Gasteiger partial charge in [-0.2, -0.15) is 5.06 Å². The van der Waals surface area contributed by atoms with Crippen molar-refractivity contribution >= 4 is 22.4 Å². The van der Waals surface area contributed by atoms with Crippen LogP contribution in [0.4, 0.5) is 5.13 Å². The lowest BCUT2D eigenvalue weighted by molar-refractivity contribution is 0.0849. The number of hydrogen-bond donors (Lipinski definition) is 1. The molecule has 2 aromatic rings. The van der Waals surface area contributed by atoms with E-state index in [0.717, 1.165) is 5.69 Å². The third kappa shape index (κ3) is 2.07. The maximum Gasteiger partial charge on any atom is 0.302 e. The Balaban J connectivity index is 2.23. The zero-order chi connectivity index (χ0) is 11.5. The van der Waals surface area contributed by atoms with E-state index in [4.69, 9.17) is 0 Å². The first kappa shape index (κ1) is 10.7. The molecule has 0 spiro atoms. The second-order valence-electron chi connectivity index (χ2n) is 3.10. The average Bonchev–Trinajstić information content (AvgIpc) is 2.75. The summed E-state index contributed by atoms with van der Waals surface area (Å²) in [5.74, 6) is -0.588. The molecule has 16 heavy (non-hydrogen) atoms. The molecular formula is C10H9N3O2S. The topological polar surface area (TPSA) is 66.3 Å². The first-order valence-corrected chi connectivity index (χ1v) is 5.43. The highest BCUT2D eigenvalue weighted by Crippen LogP contribution is 2.19. The molecule has 0 bridgehead atoms. The van der Waals surface area contributed by atoms with E-state index in [1.54, 1.807) is 24.4 Å². The Morgan fingerprint density at radius 2 is 2.31 bits per heavy atom. The maximum atomic E-state index is 11.7. The van der Waals surface area contributed by atoms with Gasteiger partial charge in [0.2, 0.25) is 5.13 Å². The zero-order valence-electron chi connectivity index (χ0n) is 8.49. The quantitative estimate of drug-likeness (QED) is 0.637. The molecule has 2 rings (SSSR count). The van der Waals surface area contributed by atoms with Crippen LogP contribution in [0.3, 0.4) is 0 Å². The highest BCUT2D eigenvalue weighted by molar-refractivity contribution is 7.13. The van der Waals surface area contributed by atoms with Crippen molar-refractivity contribution in [2.24, 2.45) is 0 Å². The number of aryl methyl sites for hydroxylation is 1. The number of aromatic nitrogens is 2. The van der Waals surface area contributed by atoms with Crippen LogP contribution in [-0.4, -0.2) is 21.1 Å². The summed E-state index contributed by atoms with van der Waals surface area (Å²) < 4.78 is 0. The molecule has 0 aliphatic heterocycles. The van der Waals surface area contributed by atoms with Gasteiger partial charge in [-0.25, -0.2) is 4.98 Å². The highest BCUT2D eigenvalue weighted by atomic mass is 32.1. The molecule has 6 heteroatoms. The van der Waals surface area contributed by atoms with Crippen LogP contribution in [-0.2, 0) is 0 Å². The fraction of sp³-hybridized carbons (Fsp3) is 0.100. The smallest absolute Gasteiger partial charge is 0.279 e. The molecule has 82 valence electrons. The Kier molecular flexibility index (Phi) is 2.93. The molecule has 2 aromatic heterocycles. The van der Waals surface area contributed by atoms with Gasteiger partial charge in [-0.1, -0.05) is 6.07 Å². The summed E-state index contributed by atoms with van der Waals surface area (Å²) in [4.78, 5) is 19.6. The van der Waals surface area contributed by atoms with Gasteiger partial charge in [0.25, 0.3) is 0 Å². The predicted octanol–water partition coefficient (Wildman–Crippen LogP) is 1.88. The average molecular weight is 235 g/mol. The summed E-state index contributed by atoms with van der Waals surface area (Å²) in [6.07, 6.45) is 1.49.